The van der Waals surface area contributed by atoms with Gasteiger partial charge in [-0.2, -0.15) is 0 Å². The molecule has 0 saturated carbocycles. The van der Waals surface area contributed by atoms with Crippen molar-refractivity contribution < 1.29 is 4.79 Å². The number of amides is 1. The first-order chi connectivity index (χ1) is 7.54. The zero-order valence-electron chi connectivity index (χ0n) is 9.83. The van der Waals surface area contributed by atoms with E-state index in [4.69, 9.17) is 11.6 Å². The molecule has 1 heterocycles. The fraction of sp³-hybridized carbons (Fsp3) is 0.500. The third-order valence-electron chi connectivity index (χ3n) is 2.52. The number of halogens is 1. The molecule has 0 spiro atoms. The third-order valence-corrected chi connectivity index (χ3v) is 2.75. The Morgan fingerprint density at radius 1 is 1.56 bits per heavy atom. The quantitative estimate of drug-likeness (QED) is 0.879. The molecule has 1 aromatic heterocycles. The topological polar surface area (TPSA) is 42.0 Å². The fourth-order valence-electron chi connectivity index (χ4n) is 1.51. The van der Waals surface area contributed by atoms with Crippen LogP contribution in [0, 0.1) is 5.92 Å². The first-order valence-electron chi connectivity index (χ1n) is 5.47. The Balaban J connectivity index is 2.72. The SMILES string of the molecule is CCC(NC(=O)c1cc(Cl)ccn1)C(C)C. The molecule has 0 bridgehead atoms. The maximum atomic E-state index is 11.8. The Kier molecular flexibility index (Phi) is 4.74. The first-order valence-corrected chi connectivity index (χ1v) is 5.84. The summed E-state index contributed by atoms with van der Waals surface area (Å²) in [6, 6.07) is 3.40. The van der Waals surface area contributed by atoms with Gasteiger partial charge in [-0.25, -0.2) is 0 Å². The van der Waals surface area contributed by atoms with E-state index in [1.807, 2.05) is 0 Å². The Labute approximate surface area is 101 Å². The summed E-state index contributed by atoms with van der Waals surface area (Å²) in [5.74, 6) is 0.246. The van der Waals surface area contributed by atoms with E-state index in [1.54, 1.807) is 12.1 Å². The van der Waals surface area contributed by atoms with Gasteiger partial charge in [0.15, 0.2) is 0 Å². The zero-order valence-corrected chi connectivity index (χ0v) is 10.6. The highest BCUT2D eigenvalue weighted by Gasteiger charge is 2.15. The molecule has 1 aromatic rings. The summed E-state index contributed by atoms with van der Waals surface area (Å²) in [5.41, 5.74) is 0.367. The fourth-order valence-corrected chi connectivity index (χ4v) is 1.67. The van der Waals surface area contributed by atoms with Crippen LogP contribution in [0.3, 0.4) is 0 Å². The molecule has 1 atom stereocenters. The number of carbonyl (C=O) groups excluding carboxylic acids is 1. The maximum Gasteiger partial charge on any atom is 0.270 e. The van der Waals surface area contributed by atoms with Crippen LogP contribution >= 0.6 is 11.6 Å². The van der Waals surface area contributed by atoms with Crippen LogP contribution in [0.25, 0.3) is 0 Å². The summed E-state index contributed by atoms with van der Waals surface area (Å²) in [5, 5.41) is 3.48. The molecule has 16 heavy (non-hydrogen) atoms. The molecule has 0 aliphatic rings. The highest BCUT2D eigenvalue weighted by Crippen LogP contribution is 2.10. The standard InChI is InChI=1S/C12H17ClN2O/c1-4-10(8(2)3)15-12(16)11-7-9(13)5-6-14-11/h5-8,10H,4H2,1-3H3,(H,15,16). The van der Waals surface area contributed by atoms with Gasteiger partial charge in [-0.1, -0.05) is 32.4 Å². The largest absolute Gasteiger partial charge is 0.348 e. The van der Waals surface area contributed by atoms with E-state index < -0.39 is 0 Å². The molecular weight excluding hydrogens is 224 g/mol. The average molecular weight is 241 g/mol. The van der Waals surface area contributed by atoms with Gasteiger partial charge in [0.2, 0.25) is 0 Å². The predicted molar refractivity (Wildman–Crippen MR) is 65.6 cm³/mol. The van der Waals surface area contributed by atoms with Crippen molar-refractivity contribution in [3.8, 4) is 0 Å². The summed E-state index contributed by atoms with van der Waals surface area (Å²) in [6.07, 6.45) is 2.44. The molecule has 0 radical (unpaired) electrons. The highest BCUT2D eigenvalue weighted by atomic mass is 35.5. The lowest BCUT2D eigenvalue weighted by atomic mass is 10.0. The second-order valence-electron chi connectivity index (χ2n) is 4.09. The molecular formula is C12H17ClN2O. The summed E-state index contributed by atoms with van der Waals surface area (Å²) in [7, 11) is 0. The van der Waals surface area contributed by atoms with Gasteiger partial charge in [0.1, 0.15) is 5.69 Å². The minimum Gasteiger partial charge on any atom is -0.348 e. The predicted octanol–water partition coefficient (Wildman–Crippen LogP) is 2.90. The normalized spacial score (nSPS) is 12.6. The van der Waals surface area contributed by atoms with E-state index in [9.17, 15) is 4.79 Å². The van der Waals surface area contributed by atoms with Gasteiger partial charge in [-0.3, -0.25) is 9.78 Å². The second-order valence-corrected chi connectivity index (χ2v) is 4.53. The number of nitrogens with zero attached hydrogens (tertiary/aromatic N) is 1. The first kappa shape index (κ1) is 13.0. The van der Waals surface area contributed by atoms with E-state index in [0.29, 0.717) is 16.6 Å². The van der Waals surface area contributed by atoms with E-state index in [0.717, 1.165) is 6.42 Å². The van der Waals surface area contributed by atoms with Crippen LogP contribution < -0.4 is 5.32 Å². The highest BCUT2D eigenvalue weighted by molar-refractivity contribution is 6.30. The number of pyridine rings is 1. The number of nitrogens with one attached hydrogen (secondary N) is 1. The number of rotatable bonds is 4. The Hall–Kier alpha value is -1.09. The van der Waals surface area contributed by atoms with Gasteiger partial charge in [0.25, 0.3) is 5.91 Å². The number of hydrogen-bond donors (Lipinski definition) is 1. The van der Waals surface area contributed by atoms with Crippen molar-refractivity contribution in [1.29, 1.82) is 0 Å². The van der Waals surface area contributed by atoms with Crippen LogP contribution in [-0.2, 0) is 0 Å². The Bertz CT molecular complexity index is 366. The van der Waals surface area contributed by atoms with Crippen LogP contribution in [0.5, 0.6) is 0 Å². The molecule has 3 nitrogen and oxygen atoms in total. The molecule has 1 rings (SSSR count). The van der Waals surface area contributed by atoms with E-state index >= 15 is 0 Å². The van der Waals surface area contributed by atoms with Crippen LogP contribution in [0.15, 0.2) is 18.3 Å². The molecule has 4 heteroatoms. The Morgan fingerprint density at radius 2 is 2.25 bits per heavy atom. The number of aromatic nitrogens is 1. The van der Waals surface area contributed by atoms with E-state index in [-0.39, 0.29) is 11.9 Å². The monoisotopic (exact) mass is 240 g/mol. The minimum atomic E-state index is -0.164. The van der Waals surface area contributed by atoms with Crippen molar-refractivity contribution in [2.45, 2.75) is 33.2 Å². The maximum absolute atomic E-state index is 11.8. The Morgan fingerprint density at radius 3 is 2.75 bits per heavy atom. The average Bonchev–Trinajstić information content (AvgIpc) is 2.25. The lowest BCUT2D eigenvalue weighted by molar-refractivity contribution is 0.0919. The lowest BCUT2D eigenvalue weighted by Crippen LogP contribution is -2.38. The summed E-state index contributed by atoms with van der Waals surface area (Å²) in [6.45, 7) is 6.22. The van der Waals surface area contributed by atoms with Crippen molar-refractivity contribution >= 4 is 17.5 Å². The van der Waals surface area contributed by atoms with Crippen molar-refractivity contribution in [3.05, 3.63) is 29.0 Å². The molecule has 88 valence electrons. The van der Waals surface area contributed by atoms with Gasteiger partial charge >= 0.3 is 0 Å². The minimum absolute atomic E-state index is 0.164. The molecule has 1 amide bonds. The third kappa shape index (κ3) is 3.49. The van der Waals surface area contributed by atoms with E-state index in [1.165, 1.54) is 6.20 Å². The van der Waals surface area contributed by atoms with Gasteiger partial charge < -0.3 is 5.32 Å². The van der Waals surface area contributed by atoms with Crippen LogP contribution in [0.1, 0.15) is 37.7 Å². The number of hydrogen-bond acceptors (Lipinski definition) is 2. The zero-order chi connectivity index (χ0) is 12.1. The molecule has 0 aromatic carbocycles. The van der Waals surface area contributed by atoms with Crippen molar-refractivity contribution in [1.82, 2.24) is 10.3 Å². The number of carbonyl (C=O) groups is 1. The molecule has 0 saturated heterocycles. The van der Waals surface area contributed by atoms with Gasteiger partial charge in [-0.05, 0) is 24.5 Å². The molecule has 0 fully saturated rings. The van der Waals surface area contributed by atoms with Crippen molar-refractivity contribution in [2.24, 2.45) is 5.92 Å². The second kappa shape index (κ2) is 5.85. The van der Waals surface area contributed by atoms with Crippen molar-refractivity contribution in [3.63, 3.8) is 0 Å². The lowest BCUT2D eigenvalue weighted by Gasteiger charge is -2.20. The molecule has 1 unspecified atom stereocenters. The summed E-state index contributed by atoms with van der Waals surface area (Å²) >= 11 is 5.80. The van der Waals surface area contributed by atoms with Crippen LogP contribution in [0.4, 0.5) is 0 Å². The molecule has 0 aliphatic carbocycles. The van der Waals surface area contributed by atoms with E-state index in [2.05, 4.69) is 31.1 Å². The van der Waals surface area contributed by atoms with Gasteiger partial charge in [0, 0.05) is 17.3 Å². The van der Waals surface area contributed by atoms with Gasteiger partial charge in [-0.15, -0.1) is 0 Å². The van der Waals surface area contributed by atoms with Gasteiger partial charge in [0.05, 0.1) is 0 Å². The molecule has 1 N–H and O–H groups in total. The van der Waals surface area contributed by atoms with Crippen LogP contribution in [0.2, 0.25) is 5.02 Å². The van der Waals surface area contributed by atoms with Crippen molar-refractivity contribution in [2.75, 3.05) is 0 Å². The summed E-state index contributed by atoms with van der Waals surface area (Å²) < 4.78 is 0. The molecule has 0 aliphatic heterocycles. The van der Waals surface area contributed by atoms with Crippen LogP contribution in [-0.4, -0.2) is 16.9 Å². The smallest absolute Gasteiger partial charge is 0.270 e. The summed E-state index contributed by atoms with van der Waals surface area (Å²) in [4.78, 5) is 15.8.